The second-order valence-electron chi connectivity index (χ2n) is 8.09. The normalized spacial score (nSPS) is 16.8. The van der Waals surface area contributed by atoms with E-state index in [0.717, 1.165) is 5.56 Å². The lowest BCUT2D eigenvalue weighted by molar-refractivity contribution is -0.140. The molecule has 2 heterocycles. The summed E-state index contributed by atoms with van der Waals surface area (Å²) in [5.74, 6) is -0.0870. The maximum atomic E-state index is 13.3. The van der Waals surface area contributed by atoms with E-state index in [2.05, 4.69) is 4.98 Å². The number of Topliss-reactive ketones (excluding diaryl/α,β-unsaturated/α-hetero) is 1. The van der Waals surface area contributed by atoms with Crippen LogP contribution in [0.15, 0.2) is 72.6 Å². The minimum absolute atomic E-state index is 0.000682. The number of nitrogens with zero attached hydrogens (tertiary/aromatic N) is 2. The molecular formula is C28H28N2O6. The summed E-state index contributed by atoms with van der Waals surface area (Å²) in [6.07, 6.45) is 3.28. The van der Waals surface area contributed by atoms with Gasteiger partial charge in [-0.15, -0.1) is 0 Å². The fraction of sp³-hybridized carbons (Fsp3) is 0.250. The van der Waals surface area contributed by atoms with E-state index in [-0.39, 0.29) is 17.9 Å². The lowest BCUT2D eigenvalue weighted by atomic mass is 9.94. The van der Waals surface area contributed by atoms with Gasteiger partial charge in [0.2, 0.25) is 0 Å². The molecule has 1 N–H and O–H groups in total. The molecule has 0 saturated carbocycles. The molecule has 1 aliphatic heterocycles. The Balaban J connectivity index is 1.85. The predicted molar refractivity (Wildman–Crippen MR) is 134 cm³/mol. The number of aliphatic hydroxyl groups excluding tert-OH is 1. The van der Waals surface area contributed by atoms with Crippen LogP contribution in [0.1, 0.15) is 36.6 Å². The Morgan fingerprint density at radius 2 is 1.75 bits per heavy atom. The van der Waals surface area contributed by atoms with Crippen molar-refractivity contribution in [2.24, 2.45) is 0 Å². The molecule has 0 radical (unpaired) electrons. The predicted octanol–water partition coefficient (Wildman–Crippen LogP) is 4.51. The van der Waals surface area contributed by atoms with Gasteiger partial charge in [0, 0.05) is 24.5 Å². The number of ketones is 1. The quantitative estimate of drug-likeness (QED) is 0.269. The fourth-order valence-electron chi connectivity index (χ4n) is 4.24. The molecular weight excluding hydrogens is 460 g/mol. The summed E-state index contributed by atoms with van der Waals surface area (Å²) in [6.45, 7) is 4.84. The van der Waals surface area contributed by atoms with Crippen molar-refractivity contribution in [1.82, 2.24) is 9.88 Å². The second-order valence-corrected chi connectivity index (χ2v) is 8.09. The molecule has 1 saturated heterocycles. The van der Waals surface area contributed by atoms with Gasteiger partial charge in [0.25, 0.3) is 11.7 Å². The van der Waals surface area contributed by atoms with Crippen LogP contribution >= 0.6 is 0 Å². The zero-order valence-corrected chi connectivity index (χ0v) is 20.4. The first-order chi connectivity index (χ1) is 17.5. The molecule has 1 fully saturated rings. The number of carbonyl (C=O) groups excluding carboxylic acids is 2. The third-order valence-electron chi connectivity index (χ3n) is 5.86. The van der Waals surface area contributed by atoms with Crippen LogP contribution in [0.3, 0.4) is 0 Å². The van der Waals surface area contributed by atoms with Gasteiger partial charge in [-0.1, -0.05) is 12.1 Å². The van der Waals surface area contributed by atoms with Crippen LogP contribution in [-0.2, 0) is 16.1 Å². The van der Waals surface area contributed by atoms with Gasteiger partial charge in [-0.2, -0.15) is 0 Å². The Labute approximate surface area is 209 Å². The Hall–Kier alpha value is -4.33. The maximum absolute atomic E-state index is 13.3. The van der Waals surface area contributed by atoms with Gasteiger partial charge in [-0.05, 0) is 67.4 Å². The zero-order chi connectivity index (χ0) is 25.7. The zero-order valence-electron chi connectivity index (χ0n) is 20.4. The first-order valence-electron chi connectivity index (χ1n) is 11.7. The summed E-state index contributed by atoms with van der Waals surface area (Å²) >= 11 is 0. The molecule has 8 nitrogen and oxygen atoms in total. The molecule has 0 aliphatic carbocycles. The van der Waals surface area contributed by atoms with E-state index in [1.165, 1.54) is 12.0 Å². The lowest BCUT2D eigenvalue weighted by Crippen LogP contribution is -2.29. The van der Waals surface area contributed by atoms with Crippen molar-refractivity contribution in [2.45, 2.75) is 26.4 Å². The van der Waals surface area contributed by atoms with Gasteiger partial charge in [0.05, 0.1) is 31.9 Å². The Morgan fingerprint density at radius 1 is 1.00 bits per heavy atom. The number of hydrogen-bond donors (Lipinski definition) is 1. The highest BCUT2D eigenvalue weighted by atomic mass is 16.5. The molecule has 186 valence electrons. The molecule has 3 aromatic rings. The minimum atomic E-state index is -0.846. The molecule has 2 aromatic carbocycles. The first-order valence-corrected chi connectivity index (χ1v) is 11.7. The monoisotopic (exact) mass is 488 g/mol. The molecule has 0 bridgehead atoms. The summed E-state index contributed by atoms with van der Waals surface area (Å²) < 4.78 is 16.6. The summed E-state index contributed by atoms with van der Waals surface area (Å²) in [7, 11) is 1.52. The standard InChI is InChI=1S/C28H28N2O6/c1-4-35-21-11-8-19(9-12-21)26(31)24-25(20-10-13-22(36-5-2)23(15-20)34-3)30(28(33)27(24)32)17-18-7-6-14-29-16-18/h6-16,25,31H,4-5,17H2,1-3H3/b26-24-. The van der Waals surface area contributed by atoms with Gasteiger partial charge in [-0.3, -0.25) is 14.6 Å². The summed E-state index contributed by atoms with van der Waals surface area (Å²) in [5, 5.41) is 11.3. The molecule has 1 unspecified atom stereocenters. The summed E-state index contributed by atoms with van der Waals surface area (Å²) in [5.41, 5.74) is 1.76. The van der Waals surface area contributed by atoms with E-state index in [1.807, 2.05) is 19.9 Å². The van der Waals surface area contributed by atoms with Crippen LogP contribution in [0.4, 0.5) is 0 Å². The number of aromatic nitrogens is 1. The number of aliphatic hydroxyl groups is 1. The second kappa shape index (κ2) is 10.9. The van der Waals surface area contributed by atoms with Crippen molar-refractivity contribution in [2.75, 3.05) is 20.3 Å². The van der Waals surface area contributed by atoms with Gasteiger partial charge < -0.3 is 24.2 Å². The van der Waals surface area contributed by atoms with E-state index in [4.69, 9.17) is 14.2 Å². The number of methoxy groups -OCH3 is 1. The molecule has 1 amide bonds. The van der Waals surface area contributed by atoms with E-state index < -0.39 is 17.7 Å². The SMILES string of the molecule is CCOc1ccc(/C(O)=C2/C(=O)C(=O)N(Cc3cccnc3)C2c2ccc(OCC)c(OC)c2)cc1. The third kappa shape index (κ3) is 4.88. The molecule has 1 aliphatic rings. The van der Waals surface area contributed by atoms with Gasteiger partial charge >= 0.3 is 0 Å². The van der Waals surface area contributed by atoms with Crippen LogP contribution in [0, 0.1) is 0 Å². The smallest absolute Gasteiger partial charge is 0.295 e. The van der Waals surface area contributed by atoms with Gasteiger partial charge in [0.15, 0.2) is 11.5 Å². The Kier molecular flexibility index (Phi) is 7.53. The number of likely N-dealkylation sites (tertiary alicyclic amines) is 1. The number of amides is 1. The average molecular weight is 489 g/mol. The molecule has 0 spiro atoms. The number of pyridine rings is 1. The van der Waals surface area contributed by atoms with Crippen LogP contribution < -0.4 is 14.2 Å². The molecule has 36 heavy (non-hydrogen) atoms. The lowest BCUT2D eigenvalue weighted by Gasteiger charge is -2.26. The van der Waals surface area contributed by atoms with Crippen LogP contribution in [0.25, 0.3) is 5.76 Å². The highest BCUT2D eigenvalue weighted by Crippen LogP contribution is 2.42. The summed E-state index contributed by atoms with van der Waals surface area (Å²) in [4.78, 5) is 32.1. The van der Waals surface area contributed by atoms with E-state index >= 15 is 0 Å². The maximum Gasteiger partial charge on any atom is 0.295 e. The van der Waals surface area contributed by atoms with Crippen molar-refractivity contribution in [3.63, 3.8) is 0 Å². The molecule has 1 aromatic heterocycles. The van der Waals surface area contributed by atoms with Crippen molar-refractivity contribution < 1.29 is 28.9 Å². The van der Waals surface area contributed by atoms with Gasteiger partial charge in [-0.25, -0.2) is 0 Å². The van der Waals surface area contributed by atoms with Crippen LogP contribution in [0.2, 0.25) is 0 Å². The summed E-state index contributed by atoms with van der Waals surface area (Å²) in [6, 6.07) is 14.7. The number of carbonyl (C=O) groups is 2. The van der Waals surface area contributed by atoms with E-state index in [1.54, 1.807) is 60.9 Å². The Morgan fingerprint density at radius 3 is 2.39 bits per heavy atom. The Bertz CT molecular complexity index is 1270. The topological polar surface area (TPSA) is 98.2 Å². The number of hydrogen-bond acceptors (Lipinski definition) is 7. The van der Waals surface area contributed by atoms with Crippen molar-refractivity contribution in [3.05, 3.63) is 89.3 Å². The number of ether oxygens (including phenoxy) is 3. The van der Waals surface area contributed by atoms with Crippen molar-refractivity contribution >= 4 is 17.4 Å². The highest BCUT2D eigenvalue weighted by molar-refractivity contribution is 6.46. The van der Waals surface area contributed by atoms with E-state index in [0.29, 0.717) is 41.6 Å². The first kappa shape index (κ1) is 24.8. The molecule has 4 rings (SSSR count). The average Bonchev–Trinajstić information content (AvgIpc) is 3.15. The van der Waals surface area contributed by atoms with Crippen LogP contribution in [0.5, 0.6) is 17.2 Å². The minimum Gasteiger partial charge on any atom is -0.507 e. The number of rotatable bonds is 9. The third-order valence-corrected chi connectivity index (χ3v) is 5.86. The molecule has 8 heteroatoms. The molecule has 1 atom stereocenters. The largest absolute Gasteiger partial charge is 0.507 e. The van der Waals surface area contributed by atoms with Crippen molar-refractivity contribution in [3.8, 4) is 17.2 Å². The fourth-order valence-corrected chi connectivity index (χ4v) is 4.24. The number of benzene rings is 2. The van der Waals surface area contributed by atoms with Gasteiger partial charge in [0.1, 0.15) is 11.5 Å². The van der Waals surface area contributed by atoms with Crippen LogP contribution in [-0.4, -0.2) is 47.0 Å². The van der Waals surface area contributed by atoms with Crippen molar-refractivity contribution in [1.29, 1.82) is 0 Å². The highest BCUT2D eigenvalue weighted by Gasteiger charge is 2.46. The van der Waals surface area contributed by atoms with E-state index in [9.17, 15) is 14.7 Å².